The lowest BCUT2D eigenvalue weighted by Gasteiger charge is -2.19. The number of hydrogen-bond donors (Lipinski definition) is 3. The van der Waals surface area contributed by atoms with Gasteiger partial charge in [0.25, 0.3) is 0 Å². The van der Waals surface area contributed by atoms with Crippen molar-refractivity contribution < 1.29 is 15.1 Å². The Hall–Kier alpha value is -0.850. The summed E-state index contributed by atoms with van der Waals surface area (Å²) < 4.78 is 4.82. The smallest absolute Gasteiger partial charge is 0.139 e. The molecule has 0 rings (SSSR count). The molecule has 0 amide bonds. The summed E-state index contributed by atoms with van der Waals surface area (Å²) in [6, 6.07) is 0. The molecule has 6 heteroatoms. The van der Waals surface area contributed by atoms with E-state index in [9.17, 15) is 5.11 Å². The number of amidine groups is 1. The van der Waals surface area contributed by atoms with E-state index in [1.54, 1.807) is 7.11 Å². The van der Waals surface area contributed by atoms with Crippen molar-refractivity contribution >= 4 is 5.84 Å². The Balaban J connectivity index is 3.52. The van der Waals surface area contributed by atoms with Crippen molar-refractivity contribution in [3.05, 3.63) is 0 Å². The number of aliphatic hydroxyl groups excluding tert-OH is 1. The van der Waals surface area contributed by atoms with Crippen LogP contribution < -0.4 is 5.73 Å². The predicted molar refractivity (Wildman–Crippen MR) is 58.0 cm³/mol. The molecule has 1 unspecified atom stereocenters. The highest BCUT2D eigenvalue weighted by atomic mass is 16.5. The summed E-state index contributed by atoms with van der Waals surface area (Å²) in [5.41, 5.74) is 5.32. The molecule has 0 saturated carbocycles. The van der Waals surface area contributed by atoms with Crippen LogP contribution in [0, 0.1) is 0 Å². The zero-order chi connectivity index (χ0) is 11.7. The molecule has 1 atom stereocenters. The lowest BCUT2D eigenvalue weighted by atomic mass is 10.2. The molecule has 0 saturated heterocycles. The summed E-state index contributed by atoms with van der Waals surface area (Å²) in [5, 5.41) is 20.6. The number of nitrogens with two attached hydrogens (primary N) is 1. The second-order valence-electron chi connectivity index (χ2n) is 3.57. The molecule has 0 spiro atoms. The van der Waals surface area contributed by atoms with Crippen molar-refractivity contribution in [1.82, 2.24) is 4.90 Å². The fourth-order valence-electron chi connectivity index (χ4n) is 1.28. The number of hydrogen-bond acceptors (Lipinski definition) is 5. The van der Waals surface area contributed by atoms with Crippen molar-refractivity contribution in [2.75, 3.05) is 33.9 Å². The minimum atomic E-state index is -0.469. The number of nitrogens with zero attached hydrogens (tertiary/aromatic N) is 2. The van der Waals surface area contributed by atoms with E-state index in [1.165, 1.54) is 0 Å². The van der Waals surface area contributed by atoms with Crippen molar-refractivity contribution in [2.45, 2.75) is 18.9 Å². The molecule has 0 fully saturated rings. The average molecular weight is 219 g/mol. The Bertz CT molecular complexity index is 187. The molecular formula is C9H21N3O3. The highest BCUT2D eigenvalue weighted by Gasteiger charge is 2.07. The number of oxime groups is 1. The fraction of sp³-hybridized carbons (Fsp3) is 0.889. The van der Waals surface area contributed by atoms with E-state index in [-0.39, 0.29) is 5.84 Å². The van der Waals surface area contributed by atoms with E-state index >= 15 is 0 Å². The van der Waals surface area contributed by atoms with Crippen LogP contribution in [-0.4, -0.2) is 61.0 Å². The van der Waals surface area contributed by atoms with E-state index in [0.29, 0.717) is 19.6 Å². The second kappa shape index (κ2) is 8.46. The average Bonchev–Trinajstić information content (AvgIpc) is 2.17. The third kappa shape index (κ3) is 8.17. The zero-order valence-electron chi connectivity index (χ0n) is 9.39. The lowest BCUT2D eigenvalue weighted by Crippen LogP contribution is -2.32. The van der Waals surface area contributed by atoms with Crippen LogP contribution in [0.5, 0.6) is 0 Å². The molecule has 0 aromatic carbocycles. The van der Waals surface area contributed by atoms with Gasteiger partial charge < -0.3 is 25.7 Å². The first-order valence-electron chi connectivity index (χ1n) is 4.92. The van der Waals surface area contributed by atoms with E-state index in [1.807, 2.05) is 11.9 Å². The molecule has 90 valence electrons. The van der Waals surface area contributed by atoms with Crippen LogP contribution in [0.1, 0.15) is 12.8 Å². The molecule has 0 radical (unpaired) electrons. The van der Waals surface area contributed by atoms with Gasteiger partial charge >= 0.3 is 0 Å². The molecule has 0 heterocycles. The third-order valence-electron chi connectivity index (χ3n) is 1.98. The maximum atomic E-state index is 9.42. The molecule has 15 heavy (non-hydrogen) atoms. The molecule has 6 nitrogen and oxygen atoms in total. The van der Waals surface area contributed by atoms with Gasteiger partial charge in [-0.2, -0.15) is 0 Å². The summed E-state index contributed by atoms with van der Waals surface area (Å²) in [5.74, 6) is 0.237. The summed E-state index contributed by atoms with van der Waals surface area (Å²) in [6.07, 6.45) is 0.886. The quantitative estimate of drug-likeness (QED) is 0.220. The fourth-order valence-corrected chi connectivity index (χ4v) is 1.28. The summed E-state index contributed by atoms with van der Waals surface area (Å²) >= 11 is 0. The Morgan fingerprint density at radius 3 is 2.80 bits per heavy atom. The largest absolute Gasteiger partial charge is 0.409 e. The summed E-state index contributed by atoms with van der Waals surface area (Å²) in [6.45, 7) is 1.69. The van der Waals surface area contributed by atoms with E-state index < -0.39 is 6.10 Å². The van der Waals surface area contributed by atoms with Crippen LogP contribution >= 0.6 is 0 Å². The molecule has 0 aliphatic rings. The van der Waals surface area contributed by atoms with Gasteiger partial charge in [-0.3, -0.25) is 0 Å². The molecule has 0 aliphatic heterocycles. The first kappa shape index (κ1) is 14.2. The normalized spacial score (nSPS) is 14.5. The molecule has 0 bridgehead atoms. The summed E-state index contributed by atoms with van der Waals surface area (Å²) in [4.78, 5) is 1.98. The van der Waals surface area contributed by atoms with Crippen molar-refractivity contribution in [3.63, 3.8) is 0 Å². The molecule has 0 aromatic rings. The first-order valence-corrected chi connectivity index (χ1v) is 4.92. The number of rotatable bonds is 8. The van der Waals surface area contributed by atoms with Gasteiger partial charge in [0, 0.05) is 20.1 Å². The highest BCUT2D eigenvalue weighted by molar-refractivity contribution is 5.79. The van der Waals surface area contributed by atoms with Gasteiger partial charge in [-0.15, -0.1) is 0 Å². The van der Waals surface area contributed by atoms with Crippen LogP contribution in [0.3, 0.4) is 0 Å². The minimum absolute atomic E-state index is 0.237. The van der Waals surface area contributed by atoms with E-state index in [4.69, 9.17) is 15.7 Å². The van der Waals surface area contributed by atoms with Gasteiger partial charge in [-0.05, 0) is 20.0 Å². The van der Waals surface area contributed by atoms with E-state index in [0.717, 1.165) is 13.0 Å². The van der Waals surface area contributed by atoms with E-state index in [2.05, 4.69) is 5.16 Å². The molecular weight excluding hydrogens is 198 g/mol. The van der Waals surface area contributed by atoms with Crippen LogP contribution in [0.15, 0.2) is 5.16 Å². The topological polar surface area (TPSA) is 91.3 Å². The zero-order valence-corrected chi connectivity index (χ0v) is 9.39. The van der Waals surface area contributed by atoms with Crippen molar-refractivity contribution in [3.8, 4) is 0 Å². The number of ether oxygens (including phenoxy) is 1. The van der Waals surface area contributed by atoms with Crippen LogP contribution in [0.25, 0.3) is 0 Å². The highest BCUT2D eigenvalue weighted by Crippen LogP contribution is 1.95. The minimum Gasteiger partial charge on any atom is -0.409 e. The SMILES string of the molecule is COCC(O)CN(C)CCCC(N)=NO. The Morgan fingerprint density at radius 1 is 1.60 bits per heavy atom. The summed E-state index contributed by atoms with van der Waals surface area (Å²) in [7, 11) is 3.47. The van der Waals surface area contributed by atoms with Gasteiger partial charge in [0.2, 0.25) is 0 Å². The van der Waals surface area contributed by atoms with Gasteiger partial charge in [0.05, 0.1) is 12.7 Å². The lowest BCUT2D eigenvalue weighted by molar-refractivity contribution is 0.0432. The van der Waals surface area contributed by atoms with Gasteiger partial charge in [-0.1, -0.05) is 5.16 Å². The molecule has 4 N–H and O–H groups in total. The maximum Gasteiger partial charge on any atom is 0.139 e. The Morgan fingerprint density at radius 2 is 2.27 bits per heavy atom. The molecule has 0 aromatic heterocycles. The van der Waals surface area contributed by atoms with Crippen molar-refractivity contribution in [2.24, 2.45) is 10.9 Å². The second-order valence-corrected chi connectivity index (χ2v) is 3.57. The predicted octanol–water partition coefficient (Wildman–Crippen LogP) is -0.548. The van der Waals surface area contributed by atoms with Crippen molar-refractivity contribution in [1.29, 1.82) is 0 Å². The maximum absolute atomic E-state index is 9.42. The standard InChI is InChI=1S/C9H21N3O3/c1-12(6-8(13)7-15-2)5-3-4-9(10)11-14/h8,13-14H,3-7H2,1-2H3,(H2,10,11). The number of likely N-dealkylation sites (N-methyl/N-ethyl adjacent to an activating group) is 1. The van der Waals surface area contributed by atoms with Crippen LogP contribution in [-0.2, 0) is 4.74 Å². The Kier molecular flexibility index (Phi) is 7.98. The van der Waals surface area contributed by atoms with Gasteiger partial charge in [-0.25, -0.2) is 0 Å². The first-order chi connectivity index (χ1) is 7.10. The molecule has 0 aliphatic carbocycles. The monoisotopic (exact) mass is 219 g/mol. The number of methoxy groups -OCH3 is 1. The van der Waals surface area contributed by atoms with Gasteiger partial charge in [0.1, 0.15) is 5.84 Å². The third-order valence-corrected chi connectivity index (χ3v) is 1.98. The van der Waals surface area contributed by atoms with Crippen LogP contribution in [0.4, 0.5) is 0 Å². The number of aliphatic hydroxyl groups is 1. The van der Waals surface area contributed by atoms with Gasteiger partial charge in [0.15, 0.2) is 0 Å². The van der Waals surface area contributed by atoms with Crippen LogP contribution in [0.2, 0.25) is 0 Å². The Labute approximate surface area is 90.3 Å².